The molecule has 0 fully saturated rings. The first-order valence-corrected chi connectivity index (χ1v) is 12.4. The molecule has 0 saturated carbocycles. The van der Waals surface area contributed by atoms with Gasteiger partial charge in [-0.05, 0) is 110 Å². The van der Waals surface area contributed by atoms with Gasteiger partial charge in [0.15, 0.2) is 0 Å². The molecule has 0 radical (unpaired) electrons. The van der Waals surface area contributed by atoms with Gasteiger partial charge in [0.1, 0.15) is 0 Å². The lowest BCUT2D eigenvalue weighted by molar-refractivity contribution is 1.04. The predicted molar refractivity (Wildman–Crippen MR) is 157 cm³/mol. The third kappa shape index (κ3) is 3.76. The van der Waals surface area contributed by atoms with Crippen LogP contribution < -0.4 is 0 Å². The molecule has 2 heterocycles. The van der Waals surface area contributed by atoms with Crippen LogP contribution in [0.25, 0.3) is 51.6 Å². The van der Waals surface area contributed by atoms with Gasteiger partial charge in [-0.25, -0.2) is 0 Å². The first kappa shape index (κ1) is 23.4. The van der Waals surface area contributed by atoms with Crippen LogP contribution in [0.5, 0.6) is 0 Å². The lowest BCUT2D eigenvalue weighted by Crippen LogP contribution is -2.00. The van der Waals surface area contributed by atoms with E-state index in [9.17, 15) is 0 Å². The third-order valence-corrected chi connectivity index (χ3v) is 7.18. The Hall–Kier alpha value is -4.30. The summed E-state index contributed by atoms with van der Waals surface area (Å²) in [7, 11) is 0. The number of hydrogen-bond donors (Lipinski definition) is 0. The maximum absolute atomic E-state index is 4.08. The SMILES string of the molecule is C=Cc1c(C)c(C)c(/C=C\C)n1-c1ccc(-c2ccc(-n3c(C=C)cc4ccccc43)cc2C)cc1. The monoisotopic (exact) mass is 468 g/mol. The molecule has 0 aliphatic rings. The van der Waals surface area contributed by atoms with Gasteiger partial charge in [0.2, 0.25) is 0 Å². The molecule has 0 atom stereocenters. The fraction of sp³-hybridized carbons (Fsp3) is 0.118. The van der Waals surface area contributed by atoms with Gasteiger partial charge in [-0.3, -0.25) is 0 Å². The normalized spacial score (nSPS) is 11.4. The molecule has 178 valence electrons. The zero-order valence-corrected chi connectivity index (χ0v) is 21.5. The third-order valence-electron chi connectivity index (χ3n) is 7.18. The Morgan fingerprint density at radius 1 is 0.694 bits per heavy atom. The van der Waals surface area contributed by atoms with Crippen molar-refractivity contribution in [1.82, 2.24) is 9.13 Å². The van der Waals surface area contributed by atoms with Crippen LogP contribution in [0.4, 0.5) is 0 Å². The molecule has 0 amide bonds. The summed E-state index contributed by atoms with van der Waals surface area (Å²) in [4.78, 5) is 0. The summed E-state index contributed by atoms with van der Waals surface area (Å²) < 4.78 is 4.57. The standard InChI is InChI=1S/C34H32N2/c1-7-12-33-25(6)24(5)32(9-3)36(33)29-17-15-26(16-18-29)31-20-19-30(21-23(31)4)35-28(8-2)22-27-13-10-11-14-34(27)35/h7-22H,2-3H2,1,4-6H3/b12-7-. The molecule has 0 aliphatic carbocycles. The Bertz CT molecular complexity index is 1640. The molecule has 0 saturated heterocycles. The second kappa shape index (κ2) is 9.39. The number of fused-ring (bicyclic) bond motifs is 1. The molecule has 2 aromatic heterocycles. The zero-order valence-electron chi connectivity index (χ0n) is 21.5. The van der Waals surface area contributed by atoms with Crippen LogP contribution in [0, 0.1) is 20.8 Å². The number of hydrogen-bond acceptors (Lipinski definition) is 0. The van der Waals surface area contributed by atoms with Gasteiger partial charge in [0.05, 0.1) is 5.52 Å². The van der Waals surface area contributed by atoms with E-state index in [1.807, 2.05) is 12.2 Å². The summed E-state index contributed by atoms with van der Waals surface area (Å²) in [6.07, 6.45) is 8.14. The molecule has 2 heteroatoms. The Kier molecular flexibility index (Phi) is 6.12. The van der Waals surface area contributed by atoms with Crippen LogP contribution in [0.15, 0.2) is 92.0 Å². The summed E-state index contributed by atoms with van der Waals surface area (Å²) in [5.41, 5.74) is 13.2. The number of benzene rings is 3. The minimum atomic E-state index is 1.10. The van der Waals surface area contributed by atoms with Crippen LogP contribution in [-0.2, 0) is 0 Å². The van der Waals surface area contributed by atoms with Crippen LogP contribution >= 0.6 is 0 Å². The smallest absolute Gasteiger partial charge is 0.0534 e. The quantitative estimate of drug-likeness (QED) is 0.235. The Morgan fingerprint density at radius 2 is 1.39 bits per heavy atom. The number of rotatable bonds is 6. The Morgan fingerprint density at radius 3 is 2.06 bits per heavy atom. The molecule has 5 aromatic rings. The van der Waals surface area contributed by atoms with Crippen molar-refractivity contribution in [2.45, 2.75) is 27.7 Å². The molecule has 0 unspecified atom stereocenters. The molecule has 5 rings (SSSR count). The molecule has 36 heavy (non-hydrogen) atoms. The first-order valence-electron chi connectivity index (χ1n) is 12.4. The number of nitrogens with zero attached hydrogens (tertiary/aromatic N) is 2. The van der Waals surface area contributed by atoms with Crippen LogP contribution in [-0.4, -0.2) is 9.13 Å². The molecule has 0 spiro atoms. The minimum absolute atomic E-state index is 1.10. The van der Waals surface area contributed by atoms with E-state index in [0.717, 1.165) is 22.8 Å². The van der Waals surface area contributed by atoms with Gasteiger partial charge in [0, 0.05) is 33.8 Å². The highest BCUT2D eigenvalue weighted by molar-refractivity contribution is 5.86. The van der Waals surface area contributed by atoms with Crippen molar-refractivity contribution in [2.75, 3.05) is 0 Å². The van der Waals surface area contributed by atoms with Crippen LogP contribution in [0.2, 0.25) is 0 Å². The first-order chi connectivity index (χ1) is 17.5. The number of aryl methyl sites for hydroxylation is 1. The van der Waals surface area contributed by atoms with Crippen molar-refractivity contribution in [3.8, 4) is 22.5 Å². The fourth-order valence-corrected chi connectivity index (χ4v) is 5.24. The van der Waals surface area contributed by atoms with Gasteiger partial charge in [-0.2, -0.15) is 0 Å². The number of aromatic nitrogens is 2. The van der Waals surface area contributed by atoms with Gasteiger partial charge in [-0.15, -0.1) is 0 Å². The lowest BCUT2D eigenvalue weighted by Gasteiger charge is -2.14. The maximum atomic E-state index is 4.08. The Balaban J connectivity index is 1.55. The van der Waals surface area contributed by atoms with E-state index < -0.39 is 0 Å². The van der Waals surface area contributed by atoms with E-state index in [1.165, 1.54) is 44.4 Å². The van der Waals surface area contributed by atoms with Crippen molar-refractivity contribution in [1.29, 1.82) is 0 Å². The number of para-hydroxylation sites is 1. The predicted octanol–water partition coefficient (Wildman–Crippen LogP) is 9.33. The van der Waals surface area contributed by atoms with E-state index in [-0.39, 0.29) is 0 Å². The summed E-state index contributed by atoms with van der Waals surface area (Å²) in [5, 5.41) is 1.22. The average molecular weight is 469 g/mol. The highest BCUT2D eigenvalue weighted by Crippen LogP contribution is 2.32. The second-order valence-electron chi connectivity index (χ2n) is 9.27. The van der Waals surface area contributed by atoms with Crippen LogP contribution in [0.1, 0.15) is 40.7 Å². The molecule has 2 nitrogen and oxygen atoms in total. The van der Waals surface area contributed by atoms with E-state index in [2.05, 4.69) is 135 Å². The highest BCUT2D eigenvalue weighted by atomic mass is 15.0. The van der Waals surface area contributed by atoms with Gasteiger partial charge in [-0.1, -0.05) is 55.6 Å². The second-order valence-corrected chi connectivity index (χ2v) is 9.27. The molecule has 0 N–H and O–H groups in total. The largest absolute Gasteiger partial charge is 0.310 e. The van der Waals surface area contributed by atoms with E-state index in [4.69, 9.17) is 0 Å². The minimum Gasteiger partial charge on any atom is -0.310 e. The molecule has 0 aliphatic heterocycles. The van der Waals surface area contributed by atoms with Crippen molar-refractivity contribution in [2.24, 2.45) is 0 Å². The Labute approximate surface area is 214 Å². The zero-order chi connectivity index (χ0) is 25.4. The van der Waals surface area contributed by atoms with E-state index in [1.54, 1.807) is 0 Å². The average Bonchev–Trinajstić information content (AvgIpc) is 3.39. The van der Waals surface area contributed by atoms with Gasteiger partial charge >= 0.3 is 0 Å². The molecular weight excluding hydrogens is 436 g/mol. The maximum Gasteiger partial charge on any atom is 0.0534 e. The van der Waals surface area contributed by atoms with Crippen molar-refractivity contribution >= 4 is 29.1 Å². The van der Waals surface area contributed by atoms with Crippen molar-refractivity contribution in [3.05, 3.63) is 126 Å². The summed E-state index contributed by atoms with van der Waals surface area (Å²) >= 11 is 0. The summed E-state index contributed by atoms with van der Waals surface area (Å²) in [6, 6.07) is 26.2. The van der Waals surface area contributed by atoms with Gasteiger partial charge < -0.3 is 9.13 Å². The highest BCUT2D eigenvalue weighted by Gasteiger charge is 2.16. The lowest BCUT2D eigenvalue weighted by atomic mass is 9.99. The van der Waals surface area contributed by atoms with Gasteiger partial charge in [0.25, 0.3) is 0 Å². The molecule has 0 bridgehead atoms. The topological polar surface area (TPSA) is 9.86 Å². The molecular formula is C34H32N2. The summed E-state index contributed by atoms with van der Waals surface area (Å²) in [5.74, 6) is 0. The van der Waals surface area contributed by atoms with Crippen molar-refractivity contribution < 1.29 is 0 Å². The van der Waals surface area contributed by atoms with Crippen molar-refractivity contribution in [3.63, 3.8) is 0 Å². The molecule has 3 aromatic carbocycles. The van der Waals surface area contributed by atoms with E-state index in [0.29, 0.717) is 0 Å². The fourth-order valence-electron chi connectivity index (χ4n) is 5.24. The van der Waals surface area contributed by atoms with Crippen LogP contribution in [0.3, 0.4) is 0 Å². The van der Waals surface area contributed by atoms with E-state index >= 15 is 0 Å². The summed E-state index contributed by atoms with van der Waals surface area (Å²) in [6.45, 7) is 16.7. The number of allylic oxidation sites excluding steroid dienone is 1.